The summed E-state index contributed by atoms with van der Waals surface area (Å²) in [5.41, 5.74) is 6.46. The van der Waals surface area contributed by atoms with Crippen molar-refractivity contribution >= 4 is 17.6 Å². The van der Waals surface area contributed by atoms with Crippen molar-refractivity contribution in [3.8, 4) is 11.6 Å². The van der Waals surface area contributed by atoms with Crippen LogP contribution in [0.5, 0.6) is 11.6 Å². The Morgan fingerprint density at radius 2 is 1.93 bits per heavy atom. The van der Waals surface area contributed by atoms with Gasteiger partial charge in [-0.2, -0.15) is 0 Å². The number of carbonyl (C=O) groups is 2. The van der Waals surface area contributed by atoms with Crippen molar-refractivity contribution in [3.63, 3.8) is 0 Å². The Labute approximate surface area is 174 Å². The summed E-state index contributed by atoms with van der Waals surface area (Å²) in [7, 11) is 0. The zero-order valence-corrected chi connectivity index (χ0v) is 16.8. The molecule has 2 heterocycles. The molecule has 30 heavy (non-hydrogen) atoms. The number of piperidine rings is 1. The van der Waals surface area contributed by atoms with E-state index in [0.717, 1.165) is 0 Å². The van der Waals surface area contributed by atoms with Gasteiger partial charge in [0.25, 0.3) is 5.91 Å². The Morgan fingerprint density at radius 1 is 1.20 bits per heavy atom. The predicted octanol–water partition coefficient (Wildman–Crippen LogP) is 1.64. The molecule has 158 valence electrons. The zero-order chi connectivity index (χ0) is 21.3. The third-order valence-corrected chi connectivity index (χ3v) is 4.67. The number of amides is 2. The molecule has 1 aliphatic rings. The van der Waals surface area contributed by atoms with Gasteiger partial charge in [0.1, 0.15) is 5.75 Å². The average molecular weight is 411 g/mol. The highest BCUT2D eigenvalue weighted by atomic mass is 16.6. The molecule has 2 aromatic rings. The molecule has 0 aliphatic carbocycles. The first-order chi connectivity index (χ1) is 14.5. The zero-order valence-electron chi connectivity index (χ0n) is 16.8. The first-order valence-electron chi connectivity index (χ1n) is 9.71. The van der Waals surface area contributed by atoms with Gasteiger partial charge in [-0.15, -0.1) is 0 Å². The molecular weight excluding hydrogens is 386 g/mol. The minimum atomic E-state index is -0.292. The number of benzene rings is 1. The molecule has 0 atom stereocenters. The third-order valence-electron chi connectivity index (χ3n) is 4.67. The summed E-state index contributed by atoms with van der Waals surface area (Å²) >= 11 is 0. The second-order valence-corrected chi connectivity index (χ2v) is 6.87. The van der Waals surface area contributed by atoms with Crippen molar-refractivity contribution in [1.29, 1.82) is 0 Å². The molecule has 0 unspecified atom stereocenters. The number of amidine groups is 1. The summed E-state index contributed by atoms with van der Waals surface area (Å²) < 4.78 is 5.75. The number of rotatable bonds is 7. The van der Waals surface area contributed by atoms with Crippen molar-refractivity contribution < 1.29 is 19.2 Å². The molecular formula is C21H25N5O4. The van der Waals surface area contributed by atoms with Gasteiger partial charge in [0.2, 0.25) is 11.8 Å². The fraction of sp³-hybridized carbons (Fsp3) is 0.333. The summed E-state index contributed by atoms with van der Waals surface area (Å²) in [6.45, 7) is 2.56. The van der Waals surface area contributed by atoms with Gasteiger partial charge in [-0.3, -0.25) is 9.59 Å². The van der Waals surface area contributed by atoms with Gasteiger partial charge in [-0.1, -0.05) is 23.4 Å². The van der Waals surface area contributed by atoms with E-state index in [1.807, 2.05) is 18.2 Å². The van der Waals surface area contributed by atoms with E-state index in [2.05, 4.69) is 15.5 Å². The van der Waals surface area contributed by atoms with Crippen LogP contribution in [0.25, 0.3) is 0 Å². The molecule has 9 nitrogen and oxygen atoms in total. The van der Waals surface area contributed by atoms with E-state index in [0.29, 0.717) is 37.2 Å². The van der Waals surface area contributed by atoms with Crippen LogP contribution < -0.4 is 15.8 Å². The maximum absolute atomic E-state index is 12.1. The summed E-state index contributed by atoms with van der Waals surface area (Å²) in [4.78, 5) is 34.5. The lowest BCUT2D eigenvalue weighted by atomic mass is 10.1. The number of hydrogen-bond acceptors (Lipinski definition) is 6. The Bertz CT molecular complexity index is 895. The van der Waals surface area contributed by atoms with Crippen LogP contribution in [0.4, 0.5) is 0 Å². The van der Waals surface area contributed by atoms with Gasteiger partial charge in [-0.25, -0.2) is 4.98 Å². The number of likely N-dealkylation sites (tertiary alicyclic amines) is 1. The minimum absolute atomic E-state index is 0.0159. The largest absolute Gasteiger partial charge is 0.438 e. The number of hydrogen-bond donors (Lipinski definition) is 2. The quantitative estimate of drug-likeness (QED) is 0.406. The van der Waals surface area contributed by atoms with Gasteiger partial charge in [-0.05, 0) is 37.1 Å². The van der Waals surface area contributed by atoms with Crippen molar-refractivity contribution in [2.24, 2.45) is 10.9 Å². The number of oxime groups is 1. The van der Waals surface area contributed by atoms with Gasteiger partial charge >= 0.3 is 0 Å². The number of ether oxygens (including phenoxy) is 1. The van der Waals surface area contributed by atoms with E-state index < -0.39 is 0 Å². The second kappa shape index (κ2) is 10.2. The lowest BCUT2D eigenvalue weighted by Crippen LogP contribution is -2.46. The number of aromatic nitrogens is 1. The number of para-hydroxylation sites is 1. The van der Waals surface area contributed by atoms with Crippen LogP contribution in [0.3, 0.4) is 0 Å². The van der Waals surface area contributed by atoms with Crippen LogP contribution in [0.1, 0.15) is 25.3 Å². The van der Waals surface area contributed by atoms with Crippen LogP contribution in [0.2, 0.25) is 0 Å². The maximum Gasteiger partial charge on any atom is 0.260 e. The molecule has 3 rings (SSSR count). The number of nitrogens with one attached hydrogen (secondary N) is 1. The second-order valence-electron chi connectivity index (χ2n) is 6.87. The van der Waals surface area contributed by atoms with Gasteiger partial charge in [0.05, 0.1) is 5.56 Å². The lowest BCUT2D eigenvalue weighted by Gasteiger charge is -2.31. The van der Waals surface area contributed by atoms with Crippen LogP contribution in [0, 0.1) is 0 Å². The molecule has 2 amide bonds. The Balaban J connectivity index is 1.51. The van der Waals surface area contributed by atoms with E-state index in [1.54, 1.807) is 42.3 Å². The summed E-state index contributed by atoms with van der Waals surface area (Å²) in [5, 5.41) is 6.71. The number of nitrogens with two attached hydrogens (primary N) is 1. The SMILES string of the molecule is CC(=O)N1CCC(NC(=O)CO/N=C(/N)c2cccnc2Oc2ccccc2)CC1. The Kier molecular flexibility index (Phi) is 7.20. The Hall–Kier alpha value is -3.62. The van der Waals surface area contributed by atoms with Crippen molar-refractivity contribution in [2.75, 3.05) is 19.7 Å². The highest BCUT2D eigenvalue weighted by molar-refractivity contribution is 5.99. The van der Waals surface area contributed by atoms with Crippen LogP contribution in [0.15, 0.2) is 53.8 Å². The maximum atomic E-state index is 12.1. The fourth-order valence-corrected chi connectivity index (χ4v) is 3.08. The molecule has 3 N–H and O–H groups in total. The number of nitrogens with zero attached hydrogens (tertiary/aromatic N) is 3. The molecule has 9 heteroatoms. The van der Waals surface area contributed by atoms with E-state index in [4.69, 9.17) is 15.3 Å². The Morgan fingerprint density at radius 3 is 2.63 bits per heavy atom. The van der Waals surface area contributed by atoms with E-state index in [1.165, 1.54) is 0 Å². The summed E-state index contributed by atoms with van der Waals surface area (Å²) in [6.07, 6.45) is 3.01. The van der Waals surface area contributed by atoms with Gasteiger partial charge < -0.3 is 25.5 Å². The third kappa shape index (κ3) is 5.94. The van der Waals surface area contributed by atoms with E-state index in [-0.39, 0.29) is 36.2 Å². The van der Waals surface area contributed by atoms with Crippen molar-refractivity contribution in [2.45, 2.75) is 25.8 Å². The molecule has 0 radical (unpaired) electrons. The smallest absolute Gasteiger partial charge is 0.260 e. The number of pyridine rings is 1. The normalized spacial score (nSPS) is 14.8. The number of carbonyl (C=O) groups excluding carboxylic acids is 2. The first kappa shape index (κ1) is 21.1. The van der Waals surface area contributed by atoms with Gasteiger partial charge in [0.15, 0.2) is 12.4 Å². The summed E-state index contributed by atoms with van der Waals surface area (Å²) in [5.74, 6) is 0.715. The van der Waals surface area contributed by atoms with Crippen molar-refractivity contribution in [3.05, 3.63) is 54.2 Å². The summed E-state index contributed by atoms with van der Waals surface area (Å²) in [6, 6.07) is 12.6. The topological polar surface area (TPSA) is 119 Å². The van der Waals surface area contributed by atoms with Gasteiger partial charge in [0, 0.05) is 32.3 Å². The molecule has 1 fully saturated rings. The monoisotopic (exact) mass is 411 g/mol. The molecule has 0 bridgehead atoms. The van der Waals surface area contributed by atoms with Crippen LogP contribution in [-0.2, 0) is 14.4 Å². The van der Waals surface area contributed by atoms with Crippen molar-refractivity contribution in [1.82, 2.24) is 15.2 Å². The van der Waals surface area contributed by atoms with Crippen LogP contribution in [-0.4, -0.2) is 53.3 Å². The van der Waals surface area contributed by atoms with E-state index in [9.17, 15) is 9.59 Å². The standard InChI is InChI=1S/C21H25N5O4/c1-15(27)26-12-9-16(10-13-26)24-19(28)14-29-25-20(22)18-8-5-11-23-21(18)30-17-6-3-2-4-7-17/h2-8,11,16H,9-10,12-14H2,1H3,(H2,22,25)(H,24,28). The lowest BCUT2D eigenvalue weighted by molar-refractivity contribution is -0.130. The highest BCUT2D eigenvalue weighted by Crippen LogP contribution is 2.22. The van der Waals surface area contributed by atoms with Crippen LogP contribution >= 0.6 is 0 Å². The molecule has 1 aromatic carbocycles. The predicted molar refractivity (Wildman–Crippen MR) is 111 cm³/mol. The molecule has 0 spiro atoms. The first-order valence-corrected chi connectivity index (χ1v) is 9.71. The van der Waals surface area contributed by atoms with E-state index >= 15 is 0 Å². The average Bonchev–Trinajstić information content (AvgIpc) is 2.75. The highest BCUT2D eigenvalue weighted by Gasteiger charge is 2.22. The molecule has 1 saturated heterocycles. The molecule has 0 saturated carbocycles. The molecule has 1 aliphatic heterocycles. The molecule has 1 aromatic heterocycles. The minimum Gasteiger partial charge on any atom is -0.438 e. The fourth-order valence-electron chi connectivity index (χ4n) is 3.08.